The van der Waals surface area contributed by atoms with Gasteiger partial charge in [-0.2, -0.15) is 0 Å². The second-order valence-electron chi connectivity index (χ2n) is 2.69. The largest absolute Gasteiger partial charge is 0.480 e. The third-order valence-corrected chi connectivity index (χ3v) is 2.27. The molecule has 0 bridgehead atoms. The van der Waals surface area contributed by atoms with Crippen molar-refractivity contribution >= 4 is 21.7 Å². The number of rotatable bonds is 3. The molecule has 0 spiro atoms. The first-order valence-electron chi connectivity index (χ1n) is 4.02. The minimum atomic E-state index is 0.0224. The molecule has 0 unspecified atom stereocenters. The van der Waals surface area contributed by atoms with E-state index in [4.69, 9.17) is 11.2 Å². The summed E-state index contributed by atoms with van der Waals surface area (Å²) in [4.78, 5) is 11.0. The summed E-state index contributed by atoms with van der Waals surface area (Å²) < 4.78 is 5.96. The Hall–Kier alpha value is -1.27. The lowest BCUT2D eigenvalue weighted by molar-refractivity contribution is 0.101. The number of hydrogen-bond acceptors (Lipinski definition) is 2. The predicted molar refractivity (Wildman–Crippen MR) is 58.5 cm³/mol. The standard InChI is InChI=1S/C11H9BrO2/c1-3-6-14-11-5-4-9(8(2)13)7-10(11)12/h1,4-5,7H,6H2,2H3. The molecule has 1 rings (SSSR count). The highest BCUT2D eigenvalue weighted by atomic mass is 79.9. The molecule has 0 N–H and O–H groups in total. The van der Waals surface area contributed by atoms with Crippen LogP contribution in [0.1, 0.15) is 17.3 Å². The van der Waals surface area contributed by atoms with E-state index in [0.717, 1.165) is 4.47 Å². The van der Waals surface area contributed by atoms with Crippen LogP contribution in [-0.4, -0.2) is 12.4 Å². The van der Waals surface area contributed by atoms with Crippen LogP contribution in [0, 0.1) is 12.3 Å². The number of carbonyl (C=O) groups is 1. The van der Waals surface area contributed by atoms with Crippen LogP contribution in [0.2, 0.25) is 0 Å². The SMILES string of the molecule is C#CCOc1ccc(C(C)=O)cc1Br. The summed E-state index contributed by atoms with van der Waals surface area (Å²) >= 11 is 3.30. The van der Waals surface area contributed by atoms with Gasteiger partial charge in [0.2, 0.25) is 0 Å². The predicted octanol–water partition coefficient (Wildman–Crippen LogP) is 2.66. The van der Waals surface area contributed by atoms with Crippen LogP contribution >= 0.6 is 15.9 Å². The highest BCUT2D eigenvalue weighted by molar-refractivity contribution is 9.10. The maximum Gasteiger partial charge on any atom is 0.159 e. The van der Waals surface area contributed by atoms with Gasteiger partial charge in [-0.15, -0.1) is 6.42 Å². The Bertz CT molecular complexity index is 391. The molecule has 0 atom stereocenters. The number of benzene rings is 1. The Kier molecular flexibility index (Phi) is 3.73. The van der Waals surface area contributed by atoms with Crippen LogP contribution in [0.5, 0.6) is 5.75 Å². The number of hydrogen-bond donors (Lipinski definition) is 0. The summed E-state index contributed by atoms with van der Waals surface area (Å²) in [6.07, 6.45) is 5.06. The highest BCUT2D eigenvalue weighted by Gasteiger charge is 2.04. The quantitative estimate of drug-likeness (QED) is 0.611. The molecule has 0 heterocycles. The fraction of sp³-hybridized carbons (Fsp3) is 0.182. The molecule has 0 aromatic heterocycles. The summed E-state index contributed by atoms with van der Waals surface area (Å²) in [6.45, 7) is 1.74. The van der Waals surface area contributed by atoms with Crippen molar-refractivity contribution in [1.29, 1.82) is 0 Å². The van der Waals surface area contributed by atoms with E-state index in [1.807, 2.05) is 0 Å². The average molecular weight is 253 g/mol. The molecule has 14 heavy (non-hydrogen) atoms. The molecule has 0 aliphatic heterocycles. The zero-order chi connectivity index (χ0) is 10.6. The van der Waals surface area contributed by atoms with E-state index in [2.05, 4.69) is 21.9 Å². The number of Topliss-reactive ketones (excluding diaryl/α,β-unsaturated/α-hetero) is 1. The van der Waals surface area contributed by atoms with Crippen molar-refractivity contribution in [3.63, 3.8) is 0 Å². The van der Waals surface area contributed by atoms with Crippen LogP contribution in [0.15, 0.2) is 22.7 Å². The minimum Gasteiger partial charge on any atom is -0.480 e. The number of terminal acetylenes is 1. The van der Waals surface area contributed by atoms with Gasteiger partial charge in [0, 0.05) is 5.56 Å². The molecule has 0 aliphatic carbocycles. The summed E-state index contributed by atoms with van der Waals surface area (Å²) in [5.74, 6) is 3.04. The van der Waals surface area contributed by atoms with E-state index in [0.29, 0.717) is 11.3 Å². The van der Waals surface area contributed by atoms with Gasteiger partial charge in [-0.3, -0.25) is 4.79 Å². The lowest BCUT2D eigenvalue weighted by Crippen LogP contribution is -1.96. The first-order chi connectivity index (χ1) is 6.65. The molecule has 3 heteroatoms. The molecule has 1 aromatic carbocycles. The van der Waals surface area contributed by atoms with Crippen LogP contribution in [0.25, 0.3) is 0 Å². The van der Waals surface area contributed by atoms with E-state index in [1.165, 1.54) is 6.92 Å². The Labute approximate surface area is 91.4 Å². The smallest absolute Gasteiger partial charge is 0.159 e. The van der Waals surface area contributed by atoms with E-state index in [9.17, 15) is 4.79 Å². The second-order valence-corrected chi connectivity index (χ2v) is 3.55. The molecule has 1 aromatic rings. The molecule has 0 amide bonds. The summed E-state index contributed by atoms with van der Waals surface area (Å²) in [5, 5.41) is 0. The minimum absolute atomic E-state index is 0.0224. The lowest BCUT2D eigenvalue weighted by atomic mass is 10.1. The monoisotopic (exact) mass is 252 g/mol. The number of carbonyl (C=O) groups excluding carboxylic acids is 1. The fourth-order valence-corrected chi connectivity index (χ4v) is 1.45. The van der Waals surface area contributed by atoms with Crippen molar-refractivity contribution in [2.24, 2.45) is 0 Å². The number of ketones is 1. The van der Waals surface area contributed by atoms with Gasteiger partial charge in [-0.25, -0.2) is 0 Å². The van der Waals surface area contributed by atoms with Gasteiger partial charge in [0.1, 0.15) is 12.4 Å². The molecule has 0 saturated carbocycles. The van der Waals surface area contributed by atoms with Crippen LogP contribution in [0.3, 0.4) is 0 Å². The Morgan fingerprint density at radius 3 is 2.86 bits per heavy atom. The zero-order valence-electron chi connectivity index (χ0n) is 7.71. The second kappa shape index (κ2) is 4.83. The lowest BCUT2D eigenvalue weighted by Gasteiger charge is -2.05. The van der Waals surface area contributed by atoms with Crippen LogP contribution < -0.4 is 4.74 Å². The highest BCUT2D eigenvalue weighted by Crippen LogP contribution is 2.25. The summed E-state index contributed by atoms with van der Waals surface area (Å²) in [5.41, 5.74) is 0.643. The molecule has 0 aliphatic rings. The maximum absolute atomic E-state index is 11.0. The molecular formula is C11H9BrO2. The molecule has 0 saturated heterocycles. The van der Waals surface area contributed by atoms with Crippen molar-refractivity contribution < 1.29 is 9.53 Å². The van der Waals surface area contributed by atoms with Crippen molar-refractivity contribution in [3.05, 3.63) is 28.2 Å². The van der Waals surface area contributed by atoms with Gasteiger partial charge in [-0.1, -0.05) is 5.92 Å². The van der Waals surface area contributed by atoms with Crippen LogP contribution in [0.4, 0.5) is 0 Å². The third kappa shape index (κ3) is 2.61. The normalized spacial score (nSPS) is 9.21. The van der Waals surface area contributed by atoms with Crippen molar-refractivity contribution in [2.45, 2.75) is 6.92 Å². The topological polar surface area (TPSA) is 26.3 Å². The molecular weight excluding hydrogens is 244 g/mol. The van der Waals surface area contributed by atoms with E-state index in [1.54, 1.807) is 18.2 Å². The summed E-state index contributed by atoms with van der Waals surface area (Å²) in [6, 6.07) is 5.14. The Balaban J connectivity index is 2.91. The van der Waals surface area contributed by atoms with E-state index < -0.39 is 0 Å². The van der Waals surface area contributed by atoms with Gasteiger partial charge < -0.3 is 4.74 Å². The van der Waals surface area contributed by atoms with Gasteiger partial charge in [0.25, 0.3) is 0 Å². The van der Waals surface area contributed by atoms with Crippen LogP contribution in [-0.2, 0) is 0 Å². The van der Waals surface area contributed by atoms with Gasteiger partial charge in [0.05, 0.1) is 4.47 Å². The van der Waals surface area contributed by atoms with Crippen molar-refractivity contribution in [3.8, 4) is 18.1 Å². The maximum atomic E-state index is 11.0. The number of halogens is 1. The number of ether oxygens (including phenoxy) is 1. The summed E-state index contributed by atoms with van der Waals surface area (Å²) in [7, 11) is 0. The van der Waals surface area contributed by atoms with E-state index in [-0.39, 0.29) is 12.4 Å². The van der Waals surface area contributed by atoms with Gasteiger partial charge in [-0.05, 0) is 41.1 Å². The third-order valence-electron chi connectivity index (χ3n) is 1.65. The first-order valence-corrected chi connectivity index (χ1v) is 4.81. The van der Waals surface area contributed by atoms with Crippen molar-refractivity contribution in [2.75, 3.05) is 6.61 Å². The van der Waals surface area contributed by atoms with E-state index >= 15 is 0 Å². The molecule has 0 radical (unpaired) electrons. The molecule has 2 nitrogen and oxygen atoms in total. The molecule has 0 fully saturated rings. The average Bonchev–Trinajstić information content (AvgIpc) is 2.15. The Morgan fingerprint density at radius 1 is 1.64 bits per heavy atom. The Morgan fingerprint density at radius 2 is 2.36 bits per heavy atom. The van der Waals surface area contributed by atoms with Gasteiger partial charge in [0.15, 0.2) is 5.78 Å². The van der Waals surface area contributed by atoms with Gasteiger partial charge >= 0.3 is 0 Å². The fourth-order valence-electron chi connectivity index (χ4n) is 0.956. The van der Waals surface area contributed by atoms with Crippen molar-refractivity contribution in [1.82, 2.24) is 0 Å². The zero-order valence-corrected chi connectivity index (χ0v) is 9.30. The first kappa shape index (κ1) is 10.8. The molecule has 72 valence electrons.